The van der Waals surface area contributed by atoms with Crippen LogP contribution in [0.3, 0.4) is 0 Å². The minimum atomic E-state index is -0.493. The molecule has 2 atom stereocenters. The minimum absolute atomic E-state index is 0.122. The lowest BCUT2D eigenvalue weighted by molar-refractivity contribution is -0.127. The summed E-state index contributed by atoms with van der Waals surface area (Å²) in [6.07, 6.45) is 3.71. The maximum atomic E-state index is 13.0. The lowest BCUT2D eigenvalue weighted by atomic mass is 9.96. The molecule has 2 heterocycles. The second kappa shape index (κ2) is 11.8. The molecule has 2 saturated heterocycles. The summed E-state index contributed by atoms with van der Waals surface area (Å²) < 4.78 is 5.34. The van der Waals surface area contributed by atoms with E-state index in [9.17, 15) is 9.59 Å². The highest BCUT2D eigenvalue weighted by atomic mass is 16.6. The van der Waals surface area contributed by atoms with E-state index in [-0.39, 0.29) is 24.1 Å². The minimum Gasteiger partial charge on any atom is -0.444 e. The Balaban J connectivity index is 1.38. The molecule has 2 aliphatic heterocycles. The molecular formula is C26H42N4O3. The van der Waals surface area contributed by atoms with Crippen molar-refractivity contribution in [1.29, 1.82) is 0 Å². The highest BCUT2D eigenvalue weighted by Gasteiger charge is 2.30. The van der Waals surface area contributed by atoms with Crippen molar-refractivity contribution in [3.05, 3.63) is 35.9 Å². The van der Waals surface area contributed by atoms with Gasteiger partial charge in [-0.3, -0.25) is 14.6 Å². The topological polar surface area (TPSA) is 73.9 Å². The highest BCUT2D eigenvalue weighted by molar-refractivity contribution is 5.81. The van der Waals surface area contributed by atoms with E-state index in [2.05, 4.69) is 50.8 Å². The standard InChI is InChI=1S/C26H42N4O3/c1-20(30-14-8-11-22(19-30)17-27-25(32)33-26(2,3)4)24(31)28-23-12-15-29(16-13-23)18-21-9-6-5-7-10-21/h5-7,9-10,20,22-23H,8,11-19H2,1-4H3,(H,27,32)(H,28,31). The number of piperidine rings is 2. The predicted molar refractivity (Wildman–Crippen MR) is 131 cm³/mol. The van der Waals surface area contributed by atoms with Crippen molar-refractivity contribution in [1.82, 2.24) is 20.4 Å². The summed E-state index contributed by atoms with van der Waals surface area (Å²) >= 11 is 0. The third kappa shape index (κ3) is 8.63. The molecular weight excluding hydrogens is 416 g/mol. The van der Waals surface area contributed by atoms with Crippen LogP contribution in [0.5, 0.6) is 0 Å². The summed E-state index contributed by atoms with van der Waals surface area (Å²) in [5.74, 6) is 0.458. The predicted octanol–water partition coefficient (Wildman–Crippen LogP) is 3.39. The SMILES string of the molecule is CC(C(=O)NC1CCN(Cc2ccccc2)CC1)N1CCCC(CNC(=O)OC(C)(C)C)C1. The van der Waals surface area contributed by atoms with Crippen molar-refractivity contribution in [2.45, 2.75) is 77.6 Å². The van der Waals surface area contributed by atoms with Gasteiger partial charge in [-0.1, -0.05) is 30.3 Å². The third-order valence-corrected chi connectivity index (χ3v) is 6.59. The Hall–Kier alpha value is -2.12. The normalized spacial score (nSPS) is 21.9. The monoisotopic (exact) mass is 458 g/mol. The smallest absolute Gasteiger partial charge is 0.407 e. The lowest BCUT2D eigenvalue weighted by Gasteiger charge is -2.37. The van der Waals surface area contributed by atoms with E-state index in [1.165, 1.54) is 5.56 Å². The van der Waals surface area contributed by atoms with E-state index in [4.69, 9.17) is 4.74 Å². The van der Waals surface area contributed by atoms with Gasteiger partial charge in [-0.05, 0) is 71.4 Å². The van der Waals surface area contributed by atoms with Crippen LogP contribution >= 0.6 is 0 Å². The number of likely N-dealkylation sites (tertiary alicyclic amines) is 2. The van der Waals surface area contributed by atoms with Crippen LogP contribution in [0.25, 0.3) is 0 Å². The Morgan fingerprint density at radius 1 is 1.09 bits per heavy atom. The first-order chi connectivity index (χ1) is 15.7. The molecule has 2 fully saturated rings. The number of nitrogens with zero attached hydrogens (tertiary/aromatic N) is 2. The van der Waals surface area contributed by atoms with Crippen LogP contribution in [0.4, 0.5) is 4.79 Å². The number of alkyl carbamates (subject to hydrolysis) is 1. The van der Waals surface area contributed by atoms with Gasteiger partial charge in [0.05, 0.1) is 6.04 Å². The first kappa shape index (κ1) is 25.5. The molecule has 184 valence electrons. The number of hydrogen-bond acceptors (Lipinski definition) is 5. The fraction of sp³-hybridized carbons (Fsp3) is 0.692. The zero-order chi connectivity index (χ0) is 23.8. The number of amides is 2. The van der Waals surface area contributed by atoms with Gasteiger partial charge >= 0.3 is 6.09 Å². The Bertz CT molecular complexity index is 757. The third-order valence-electron chi connectivity index (χ3n) is 6.59. The molecule has 0 radical (unpaired) electrons. The lowest BCUT2D eigenvalue weighted by Crippen LogP contribution is -2.53. The molecule has 2 unspecified atom stereocenters. The Morgan fingerprint density at radius 3 is 2.45 bits per heavy atom. The van der Waals surface area contributed by atoms with E-state index >= 15 is 0 Å². The van der Waals surface area contributed by atoms with Crippen LogP contribution in [0.15, 0.2) is 30.3 Å². The summed E-state index contributed by atoms with van der Waals surface area (Å²) in [6, 6.07) is 10.7. The zero-order valence-corrected chi connectivity index (χ0v) is 20.8. The molecule has 0 aliphatic carbocycles. The summed E-state index contributed by atoms with van der Waals surface area (Å²) in [4.78, 5) is 29.6. The molecule has 0 aromatic heterocycles. The molecule has 0 spiro atoms. The molecule has 3 rings (SSSR count). The van der Waals surface area contributed by atoms with Crippen LogP contribution < -0.4 is 10.6 Å². The van der Waals surface area contributed by atoms with Gasteiger partial charge < -0.3 is 15.4 Å². The van der Waals surface area contributed by atoms with Crippen molar-refractivity contribution in [3.63, 3.8) is 0 Å². The Kier molecular flexibility index (Phi) is 9.15. The molecule has 2 amide bonds. The molecule has 2 aliphatic rings. The van der Waals surface area contributed by atoms with E-state index < -0.39 is 5.60 Å². The van der Waals surface area contributed by atoms with Gasteiger partial charge in [0.25, 0.3) is 0 Å². The van der Waals surface area contributed by atoms with Gasteiger partial charge in [0.2, 0.25) is 5.91 Å². The highest BCUT2D eigenvalue weighted by Crippen LogP contribution is 2.19. The van der Waals surface area contributed by atoms with Crippen molar-refractivity contribution < 1.29 is 14.3 Å². The van der Waals surface area contributed by atoms with E-state index in [1.54, 1.807) is 0 Å². The van der Waals surface area contributed by atoms with Crippen molar-refractivity contribution in [2.24, 2.45) is 5.92 Å². The van der Waals surface area contributed by atoms with E-state index in [0.29, 0.717) is 12.5 Å². The van der Waals surface area contributed by atoms with Crippen LogP contribution in [0.2, 0.25) is 0 Å². The molecule has 0 saturated carbocycles. The molecule has 1 aromatic rings. The van der Waals surface area contributed by atoms with Gasteiger partial charge in [-0.15, -0.1) is 0 Å². The maximum absolute atomic E-state index is 13.0. The fourth-order valence-electron chi connectivity index (χ4n) is 4.72. The molecule has 2 N–H and O–H groups in total. The van der Waals surface area contributed by atoms with Crippen molar-refractivity contribution in [2.75, 3.05) is 32.7 Å². The molecule has 7 nitrogen and oxygen atoms in total. The van der Waals surface area contributed by atoms with Gasteiger partial charge in [-0.25, -0.2) is 4.79 Å². The molecule has 7 heteroatoms. The van der Waals surface area contributed by atoms with Crippen molar-refractivity contribution >= 4 is 12.0 Å². The summed E-state index contributed by atoms with van der Waals surface area (Å²) in [5.41, 5.74) is 0.849. The Labute approximate surface area is 199 Å². The summed E-state index contributed by atoms with van der Waals surface area (Å²) in [6.45, 7) is 12.9. The average Bonchev–Trinajstić information content (AvgIpc) is 2.78. The quantitative estimate of drug-likeness (QED) is 0.655. The summed E-state index contributed by atoms with van der Waals surface area (Å²) in [5, 5.41) is 6.19. The first-order valence-corrected chi connectivity index (χ1v) is 12.5. The van der Waals surface area contributed by atoms with Crippen LogP contribution in [0, 0.1) is 5.92 Å². The van der Waals surface area contributed by atoms with Gasteiger partial charge in [-0.2, -0.15) is 0 Å². The average molecular weight is 459 g/mol. The van der Waals surface area contributed by atoms with Crippen LogP contribution in [-0.2, 0) is 16.1 Å². The molecule has 33 heavy (non-hydrogen) atoms. The number of hydrogen-bond donors (Lipinski definition) is 2. The van der Waals surface area contributed by atoms with Crippen LogP contribution in [-0.4, -0.2) is 72.2 Å². The Morgan fingerprint density at radius 2 is 1.79 bits per heavy atom. The molecule has 1 aromatic carbocycles. The number of carbonyl (C=O) groups is 2. The largest absolute Gasteiger partial charge is 0.444 e. The van der Waals surface area contributed by atoms with Crippen molar-refractivity contribution in [3.8, 4) is 0 Å². The first-order valence-electron chi connectivity index (χ1n) is 12.5. The maximum Gasteiger partial charge on any atom is 0.407 e. The number of carbonyl (C=O) groups excluding carboxylic acids is 2. The zero-order valence-electron chi connectivity index (χ0n) is 20.8. The number of rotatable bonds is 7. The van der Waals surface area contributed by atoms with Gasteiger partial charge in [0, 0.05) is 38.8 Å². The number of ether oxygens (including phenoxy) is 1. The molecule has 0 bridgehead atoms. The van der Waals surface area contributed by atoms with Gasteiger partial charge in [0.15, 0.2) is 0 Å². The number of nitrogens with one attached hydrogen (secondary N) is 2. The van der Waals surface area contributed by atoms with Crippen LogP contribution in [0.1, 0.15) is 58.9 Å². The van der Waals surface area contributed by atoms with Gasteiger partial charge in [0.1, 0.15) is 5.60 Å². The fourth-order valence-corrected chi connectivity index (χ4v) is 4.72. The number of benzene rings is 1. The second-order valence-electron chi connectivity index (χ2n) is 10.6. The van der Waals surface area contributed by atoms with E-state index in [1.807, 2.05) is 27.7 Å². The second-order valence-corrected chi connectivity index (χ2v) is 10.6. The van der Waals surface area contributed by atoms with E-state index in [0.717, 1.165) is 58.4 Å². The summed E-state index contributed by atoms with van der Waals surface area (Å²) in [7, 11) is 0.